The Kier molecular flexibility index (Phi) is 5.25. The molecular weight excluding hydrogens is 279 g/mol. The molecule has 0 bridgehead atoms. The molecule has 3 rings (SSSR count). The van der Waals surface area contributed by atoms with Gasteiger partial charge in [-0.25, -0.2) is 0 Å². The zero-order valence-electron chi connectivity index (χ0n) is 14.7. The molecule has 0 unspecified atom stereocenters. The number of nitrogens with zero attached hydrogens (tertiary/aromatic N) is 1. The van der Waals surface area contributed by atoms with Gasteiger partial charge in [0.15, 0.2) is 0 Å². The largest absolute Gasteiger partial charge is 0.532 e. The van der Waals surface area contributed by atoms with E-state index in [1.165, 1.54) is 0 Å². The van der Waals surface area contributed by atoms with E-state index in [2.05, 4.69) is 10.2 Å². The van der Waals surface area contributed by atoms with Crippen LogP contribution in [0.4, 0.5) is 5.69 Å². The first-order valence-corrected chi connectivity index (χ1v) is 8.29. The summed E-state index contributed by atoms with van der Waals surface area (Å²) in [5, 5.41) is 3.35. The Labute approximate surface area is 134 Å². The molecule has 3 heterocycles. The van der Waals surface area contributed by atoms with Gasteiger partial charge in [0.2, 0.25) is 0 Å². The van der Waals surface area contributed by atoms with Gasteiger partial charge in [-0.15, -0.1) is 0 Å². The number of nitrogens with one attached hydrogen (secondary N) is 1. The van der Waals surface area contributed by atoms with Crippen LogP contribution in [-0.2, 0) is 9.31 Å². The highest BCUT2D eigenvalue weighted by atomic mass is 16.7. The predicted octanol–water partition coefficient (Wildman–Crippen LogP) is 2.01. The Morgan fingerprint density at radius 3 is 2.14 bits per heavy atom. The average molecular weight is 308 g/mol. The molecule has 0 radical (unpaired) electrons. The lowest BCUT2D eigenvalue weighted by molar-refractivity contribution is 0.00578. The summed E-state index contributed by atoms with van der Waals surface area (Å²) in [4.78, 5) is 2.31. The van der Waals surface area contributed by atoms with Gasteiger partial charge in [0.1, 0.15) is 11.9 Å². The van der Waals surface area contributed by atoms with Crippen molar-refractivity contribution in [3.05, 3.63) is 12.3 Å². The molecule has 1 aromatic rings. The number of anilines is 1. The second-order valence-electron chi connectivity index (χ2n) is 6.53. The van der Waals surface area contributed by atoms with E-state index in [0.717, 1.165) is 37.5 Å². The van der Waals surface area contributed by atoms with Crippen molar-refractivity contribution in [3.63, 3.8) is 0 Å². The van der Waals surface area contributed by atoms with Gasteiger partial charge < -0.3 is 23.9 Å². The van der Waals surface area contributed by atoms with Crippen molar-refractivity contribution in [2.24, 2.45) is 0 Å². The second-order valence-corrected chi connectivity index (χ2v) is 6.53. The van der Waals surface area contributed by atoms with E-state index in [0.29, 0.717) is 0 Å². The molecule has 5 nitrogen and oxygen atoms in total. The van der Waals surface area contributed by atoms with Gasteiger partial charge in [0, 0.05) is 26.2 Å². The molecule has 2 saturated heterocycles. The van der Waals surface area contributed by atoms with E-state index >= 15 is 0 Å². The minimum Gasteiger partial charge on any atom is -0.471 e. The maximum atomic E-state index is 6.00. The lowest BCUT2D eigenvalue weighted by Crippen LogP contribution is -2.43. The van der Waals surface area contributed by atoms with E-state index in [1.54, 1.807) is 6.26 Å². The summed E-state index contributed by atoms with van der Waals surface area (Å²) in [5.74, 6) is 0. The maximum absolute atomic E-state index is 6.00. The molecule has 2 aliphatic heterocycles. The van der Waals surface area contributed by atoms with Crippen LogP contribution in [0.25, 0.3) is 0 Å². The molecule has 0 aliphatic carbocycles. The highest BCUT2D eigenvalue weighted by Crippen LogP contribution is 2.36. The van der Waals surface area contributed by atoms with Crippen LogP contribution in [0.5, 0.6) is 0 Å². The molecule has 1 N–H and O–H groups in total. The summed E-state index contributed by atoms with van der Waals surface area (Å²) in [6.07, 6.45) is 1.80. The molecule has 22 heavy (non-hydrogen) atoms. The van der Waals surface area contributed by atoms with Gasteiger partial charge in [-0.2, -0.15) is 0 Å². The number of rotatable bonds is 2. The lowest BCUT2D eigenvalue weighted by Gasteiger charge is -2.32. The summed E-state index contributed by atoms with van der Waals surface area (Å²) in [6.45, 7) is 16.2. The smallest absolute Gasteiger partial charge is 0.471 e. The summed E-state index contributed by atoms with van der Waals surface area (Å²) in [6, 6.07) is 2.04. The molecule has 2 aliphatic rings. The highest BCUT2D eigenvalue weighted by Gasteiger charge is 2.53. The van der Waals surface area contributed by atoms with Crippen molar-refractivity contribution in [3.8, 4) is 0 Å². The van der Waals surface area contributed by atoms with Crippen molar-refractivity contribution >= 4 is 18.5 Å². The minimum absolute atomic E-state index is 0.334. The van der Waals surface area contributed by atoms with Gasteiger partial charge in [0.25, 0.3) is 0 Å². The number of furan rings is 1. The third kappa shape index (κ3) is 3.34. The predicted molar refractivity (Wildman–Crippen MR) is 90.9 cm³/mol. The summed E-state index contributed by atoms with van der Waals surface area (Å²) in [5.41, 5.74) is 1.19. The van der Waals surface area contributed by atoms with Crippen molar-refractivity contribution in [1.82, 2.24) is 5.32 Å². The highest BCUT2D eigenvalue weighted by molar-refractivity contribution is 6.60. The molecular formula is C16H29BN2O3. The van der Waals surface area contributed by atoms with Crippen LogP contribution in [-0.4, -0.2) is 44.5 Å². The fourth-order valence-electron chi connectivity index (χ4n) is 2.51. The standard InChI is InChI=1S/C14H23BN2O3.C2H6/c1-13(2)14(3,4)20-15(19-13)12-9-11(10-18-12)17-7-5-16-6-8-17;1-2/h9-10,16H,5-8H2,1-4H3;1-2H3. The molecule has 124 valence electrons. The zero-order chi connectivity index (χ0) is 16.4. The Bertz CT molecular complexity index is 465. The monoisotopic (exact) mass is 308 g/mol. The molecule has 0 aromatic carbocycles. The van der Waals surface area contributed by atoms with Gasteiger partial charge in [-0.3, -0.25) is 0 Å². The van der Waals surface area contributed by atoms with Crippen molar-refractivity contribution in [1.29, 1.82) is 0 Å². The third-order valence-corrected chi connectivity index (χ3v) is 4.57. The summed E-state index contributed by atoms with van der Waals surface area (Å²) < 4.78 is 17.7. The van der Waals surface area contributed by atoms with Crippen LogP contribution in [0.2, 0.25) is 0 Å². The quantitative estimate of drug-likeness (QED) is 0.847. The Morgan fingerprint density at radius 2 is 1.59 bits per heavy atom. The van der Waals surface area contributed by atoms with E-state index in [1.807, 2.05) is 47.6 Å². The van der Waals surface area contributed by atoms with Crippen molar-refractivity contribution in [2.75, 3.05) is 31.1 Å². The maximum Gasteiger partial charge on any atom is 0.532 e. The van der Waals surface area contributed by atoms with Gasteiger partial charge in [-0.1, -0.05) is 13.8 Å². The SMILES string of the molecule is CC.CC1(C)OB(c2cc(N3CCNCC3)co2)OC1(C)C. The number of hydrogen-bond donors (Lipinski definition) is 1. The molecule has 6 heteroatoms. The molecule has 1 aromatic heterocycles. The Balaban J connectivity index is 0.000000847. The van der Waals surface area contributed by atoms with Crippen molar-refractivity contribution in [2.45, 2.75) is 52.7 Å². The molecule has 2 fully saturated rings. The van der Waals surface area contributed by atoms with Crippen LogP contribution in [0.15, 0.2) is 16.7 Å². The van der Waals surface area contributed by atoms with E-state index < -0.39 is 7.12 Å². The van der Waals surface area contributed by atoms with Gasteiger partial charge in [0.05, 0.1) is 16.9 Å². The molecule has 0 amide bonds. The molecule has 0 spiro atoms. The van der Waals surface area contributed by atoms with Gasteiger partial charge in [-0.05, 0) is 33.8 Å². The van der Waals surface area contributed by atoms with Crippen LogP contribution >= 0.6 is 0 Å². The van der Waals surface area contributed by atoms with E-state index in [9.17, 15) is 0 Å². The number of piperazine rings is 1. The fraction of sp³-hybridized carbons (Fsp3) is 0.750. The fourth-order valence-corrected chi connectivity index (χ4v) is 2.51. The van der Waals surface area contributed by atoms with E-state index in [4.69, 9.17) is 13.7 Å². The van der Waals surface area contributed by atoms with E-state index in [-0.39, 0.29) is 11.2 Å². The zero-order valence-corrected chi connectivity index (χ0v) is 14.7. The second kappa shape index (κ2) is 6.65. The van der Waals surface area contributed by atoms with Crippen LogP contribution in [0, 0.1) is 0 Å². The first kappa shape index (κ1) is 17.4. The van der Waals surface area contributed by atoms with Crippen LogP contribution in [0.1, 0.15) is 41.5 Å². The topological polar surface area (TPSA) is 46.9 Å². The first-order chi connectivity index (χ1) is 10.4. The van der Waals surface area contributed by atoms with Gasteiger partial charge >= 0.3 is 7.12 Å². The lowest BCUT2D eigenvalue weighted by atomic mass is 9.86. The summed E-state index contributed by atoms with van der Waals surface area (Å²) in [7, 11) is -0.420. The summed E-state index contributed by atoms with van der Waals surface area (Å²) >= 11 is 0. The average Bonchev–Trinajstić information content (AvgIpc) is 3.06. The third-order valence-electron chi connectivity index (χ3n) is 4.57. The van der Waals surface area contributed by atoms with Crippen LogP contribution in [0.3, 0.4) is 0 Å². The molecule has 0 atom stereocenters. The molecule has 0 saturated carbocycles. The normalized spacial score (nSPS) is 23.2. The number of hydrogen-bond acceptors (Lipinski definition) is 5. The minimum atomic E-state index is -0.420. The first-order valence-electron chi connectivity index (χ1n) is 8.29. The Hall–Kier alpha value is -0.975. The Morgan fingerprint density at radius 1 is 1.05 bits per heavy atom. The van der Waals surface area contributed by atoms with Crippen molar-refractivity contribution < 1.29 is 13.7 Å². The van der Waals surface area contributed by atoms with Crippen LogP contribution < -0.4 is 15.9 Å².